The number of benzene rings is 3. The molecule has 0 atom stereocenters. The van der Waals surface area contributed by atoms with E-state index < -0.39 is 5.41 Å². The predicted molar refractivity (Wildman–Crippen MR) is 152 cm³/mol. The van der Waals surface area contributed by atoms with Crippen LogP contribution in [0.4, 0.5) is 5.69 Å². The molecule has 2 aromatic heterocycles. The van der Waals surface area contributed by atoms with E-state index in [9.17, 15) is 4.79 Å². The van der Waals surface area contributed by atoms with Gasteiger partial charge in [0.25, 0.3) is 0 Å². The fourth-order valence-corrected chi connectivity index (χ4v) is 6.30. The molecule has 1 saturated heterocycles. The minimum absolute atomic E-state index is 0.159. The second kappa shape index (κ2) is 8.77. The summed E-state index contributed by atoms with van der Waals surface area (Å²) < 4.78 is 2.06. The van der Waals surface area contributed by atoms with Crippen LogP contribution < -0.4 is 5.32 Å². The molecule has 38 heavy (non-hydrogen) atoms. The molecule has 0 radical (unpaired) electrons. The molecule has 0 aliphatic carbocycles. The molecule has 0 bridgehead atoms. The topological polar surface area (TPSA) is 63.1 Å². The van der Waals surface area contributed by atoms with Crippen LogP contribution in [0.2, 0.25) is 0 Å². The van der Waals surface area contributed by atoms with Crippen molar-refractivity contribution in [1.82, 2.24) is 19.7 Å². The van der Waals surface area contributed by atoms with Crippen LogP contribution in [0.25, 0.3) is 32.9 Å². The van der Waals surface area contributed by atoms with Crippen LogP contribution in [0.15, 0.2) is 79.1 Å². The number of nitrogens with one attached hydrogen (secondary N) is 1. The molecule has 0 unspecified atom stereocenters. The Kier molecular flexibility index (Phi) is 5.34. The van der Waals surface area contributed by atoms with Gasteiger partial charge in [0.2, 0.25) is 5.91 Å². The van der Waals surface area contributed by atoms with E-state index in [1.165, 1.54) is 5.56 Å². The summed E-state index contributed by atoms with van der Waals surface area (Å²) in [5, 5.41) is 10.2. The largest absolute Gasteiger partial charge is 0.325 e. The van der Waals surface area contributed by atoms with E-state index in [2.05, 4.69) is 99.5 Å². The number of likely N-dealkylation sites (tertiary alicyclic amines) is 1. The number of hydrogen-bond acceptors (Lipinski definition) is 4. The molecule has 2 aliphatic heterocycles. The molecule has 0 saturated carbocycles. The molecule has 6 nitrogen and oxygen atoms in total. The van der Waals surface area contributed by atoms with Crippen molar-refractivity contribution in [2.24, 2.45) is 0 Å². The maximum absolute atomic E-state index is 13.2. The number of carbonyl (C=O) groups is 1. The lowest BCUT2D eigenvalue weighted by atomic mass is 9.73. The van der Waals surface area contributed by atoms with Gasteiger partial charge in [-0.25, -0.2) is 0 Å². The summed E-state index contributed by atoms with van der Waals surface area (Å²) in [5.74, 6) is 0.159. The summed E-state index contributed by atoms with van der Waals surface area (Å²) in [6.07, 6.45) is 5.50. The molecule has 1 N–H and O–H groups in total. The number of aromatic nitrogens is 3. The molecule has 4 heterocycles. The van der Waals surface area contributed by atoms with Crippen molar-refractivity contribution < 1.29 is 4.79 Å². The maximum atomic E-state index is 13.2. The SMILES string of the molecule is CC(C)N1CCC2(CC1)C(=O)Nc1cc(-c3ccc4cnn(Cc5ccc6ncccc6c5)c4c3)ccc12. The monoisotopic (exact) mass is 501 g/mol. The van der Waals surface area contributed by atoms with Crippen molar-refractivity contribution in [1.29, 1.82) is 0 Å². The lowest BCUT2D eigenvalue weighted by Gasteiger charge is -2.39. The van der Waals surface area contributed by atoms with Gasteiger partial charge in [0.1, 0.15) is 0 Å². The molecule has 1 spiro atoms. The zero-order valence-electron chi connectivity index (χ0n) is 21.8. The number of nitrogens with zero attached hydrogens (tertiary/aromatic N) is 4. The van der Waals surface area contributed by atoms with Crippen molar-refractivity contribution >= 4 is 33.4 Å². The number of pyridine rings is 1. The van der Waals surface area contributed by atoms with Gasteiger partial charge >= 0.3 is 0 Å². The average molecular weight is 502 g/mol. The normalized spacial score (nSPS) is 17.0. The van der Waals surface area contributed by atoms with Gasteiger partial charge in [-0.15, -0.1) is 0 Å². The van der Waals surface area contributed by atoms with Crippen molar-refractivity contribution in [2.45, 2.75) is 44.7 Å². The first-order valence-electron chi connectivity index (χ1n) is 13.5. The van der Waals surface area contributed by atoms with Crippen molar-refractivity contribution in [2.75, 3.05) is 18.4 Å². The van der Waals surface area contributed by atoms with Crippen molar-refractivity contribution in [3.8, 4) is 11.1 Å². The Morgan fingerprint density at radius 1 is 0.947 bits per heavy atom. The highest BCUT2D eigenvalue weighted by molar-refractivity contribution is 6.07. The first-order chi connectivity index (χ1) is 18.5. The third-order valence-corrected chi connectivity index (χ3v) is 8.58. The van der Waals surface area contributed by atoms with E-state index in [4.69, 9.17) is 0 Å². The smallest absolute Gasteiger partial charge is 0.235 e. The molecular formula is C32H31N5O. The van der Waals surface area contributed by atoms with E-state index >= 15 is 0 Å². The summed E-state index contributed by atoms with van der Waals surface area (Å²) in [6.45, 7) is 7.07. The van der Waals surface area contributed by atoms with Gasteiger partial charge in [-0.1, -0.05) is 36.4 Å². The van der Waals surface area contributed by atoms with E-state index in [-0.39, 0.29) is 5.91 Å². The van der Waals surface area contributed by atoms with Crippen LogP contribution in [0.1, 0.15) is 37.8 Å². The molecule has 190 valence electrons. The lowest BCUT2D eigenvalue weighted by molar-refractivity contribution is -0.122. The van der Waals surface area contributed by atoms with Crippen LogP contribution in [0.3, 0.4) is 0 Å². The number of hydrogen-bond donors (Lipinski definition) is 1. The number of amides is 1. The highest BCUT2D eigenvalue weighted by Gasteiger charge is 2.48. The average Bonchev–Trinajstić information content (AvgIpc) is 3.46. The molecule has 5 aromatic rings. The first kappa shape index (κ1) is 23.1. The fourth-order valence-electron chi connectivity index (χ4n) is 6.30. The Morgan fingerprint density at radius 3 is 2.61 bits per heavy atom. The second-order valence-electron chi connectivity index (χ2n) is 11.0. The third kappa shape index (κ3) is 3.71. The van der Waals surface area contributed by atoms with E-state index in [0.717, 1.165) is 70.1 Å². The Hall–Kier alpha value is -4.03. The van der Waals surface area contributed by atoms with Crippen LogP contribution in [0.5, 0.6) is 0 Å². The van der Waals surface area contributed by atoms with Crippen LogP contribution in [0, 0.1) is 0 Å². The maximum Gasteiger partial charge on any atom is 0.235 e. The standard InChI is InChI=1S/C32H31N5O/c1-21(2)36-14-11-32(12-15-36)27-9-8-23(17-29(27)35-31(32)38)24-6-7-26-19-34-37(30(26)18-24)20-22-5-10-28-25(16-22)4-3-13-33-28/h3-10,13,16-19,21H,11-12,14-15,20H2,1-2H3,(H,35,38). The third-order valence-electron chi connectivity index (χ3n) is 8.58. The molecule has 1 fully saturated rings. The minimum atomic E-state index is -0.392. The zero-order chi connectivity index (χ0) is 25.9. The number of rotatable bonds is 4. The highest BCUT2D eigenvalue weighted by atomic mass is 16.2. The predicted octanol–water partition coefficient (Wildman–Crippen LogP) is 5.99. The van der Waals surface area contributed by atoms with E-state index in [0.29, 0.717) is 12.6 Å². The Bertz CT molecular complexity index is 1690. The number of carbonyl (C=O) groups excluding carboxylic acids is 1. The van der Waals surface area contributed by atoms with Gasteiger partial charge in [-0.2, -0.15) is 5.10 Å². The fraction of sp³-hybridized carbons (Fsp3) is 0.281. The zero-order valence-corrected chi connectivity index (χ0v) is 21.8. The molecule has 7 rings (SSSR count). The Morgan fingerprint density at radius 2 is 1.76 bits per heavy atom. The van der Waals surface area contributed by atoms with Crippen LogP contribution >= 0.6 is 0 Å². The van der Waals surface area contributed by atoms with Crippen LogP contribution in [-0.2, 0) is 16.8 Å². The highest BCUT2D eigenvalue weighted by Crippen LogP contribution is 2.46. The summed E-state index contributed by atoms with van der Waals surface area (Å²) >= 11 is 0. The second-order valence-corrected chi connectivity index (χ2v) is 11.0. The van der Waals surface area contributed by atoms with Gasteiger partial charge in [-0.3, -0.25) is 14.5 Å². The molecule has 3 aromatic carbocycles. The number of fused-ring (bicyclic) bond motifs is 4. The number of anilines is 1. The van der Waals surface area contributed by atoms with Gasteiger partial charge in [0.15, 0.2) is 0 Å². The van der Waals surface area contributed by atoms with Crippen molar-refractivity contribution in [3.05, 3.63) is 90.3 Å². The quantitative estimate of drug-likeness (QED) is 0.328. The lowest BCUT2D eigenvalue weighted by Crippen LogP contribution is -2.48. The van der Waals surface area contributed by atoms with Gasteiger partial charge < -0.3 is 10.2 Å². The van der Waals surface area contributed by atoms with Crippen molar-refractivity contribution in [3.63, 3.8) is 0 Å². The molecule has 2 aliphatic rings. The van der Waals surface area contributed by atoms with Gasteiger partial charge in [-0.05, 0) is 92.4 Å². The molecular weight excluding hydrogens is 470 g/mol. The van der Waals surface area contributed by atoms with E-state index in [1.807, 2.05) is 18.5 Å². The number of piperidine rings is 1. The first-order valence-corrected chi connectivity index (χ1v) is 13.5. The van der Waals surface area contributed by atoms with E-state index in [1.54, 1.807) is 0 Å². The summed E-state index contributed by atoms with van der Waals surface area (Å²) in [7, 11) is 0. The van der Waals surface area contributed by atoms with Crippen LogP contribution in [-0.4, -0.2) is 44.7 Å². The summed E-state index contributed by atoms with van der Waals surface area (Å²) in [5.41, 5.74) is 7.24. The summed E-state index contributed by atoms with van der Waals surface area (Å²) in [6, 6.07) is 23.9. The molecule has 6 heteroatoms. The summed E-state index contributed by atoms with van der Waals surface area (Å²) in [4.78, 5) is 20.1. The molecule has 1 amide bonds. The Labute approximate surface area is 222 Å². The minimum Gasteiger partial charge on any atom is -0.325 e. The van der Waals surface area contributed by atoms with Gasteiger partial charge in [0.05, 0.1) is 29.2 Å². The van der Waals surface area contributed by atoms with Gasteiger partial charge in [0, 0.05) is 28.7 Å². The Balaban J connectivity index is 1.19.